The summed E-state index contributed by atoms with van der Waals surface area (Å²) in [7, 11) is 1.67. The zero-order valence-electron chi connectivity index (χ0n) is 11.7. The summed E-state index contributed by atoms with van der Waals surface area (Å²) in [5.41, 5.74) is 1.04. The second kappa shape index (κ2) is 6.22. The molecule has 104 valence electrons. The van der Waals surface area contributed by atoms with Gasteiger partial charge in [0.2, 0.25) is 5.91 Å². The fraction of sp³-hybridized carbons (Fsp3) is 0.429. The zero-order valence-corrected chi connectivity index (χ0v) is 11.7. The van der Waals surface area contributed by atoms with Crippen LogP contribution in [0, 0.1) is 6.92 Å². The number of nitrogens with zero attached hydrogens (tertiary/aromatic N) is 1. The van der Waals surface area contributed by atoms with Crippen LogP contribution in [0.15, 0.2) is 18.2 Å². The van der Waals surface area contributed by atoms with E-state index >= 15 is 0 Å². The van der Waals surface area contributed by atoms with Gasteiger partial charge >= 0.3 is 0 Å². The maximum atomic E-state index is 12.0. The second-order valence-corrected chi connectivity index (χ2v) is 4.57. The number of hydrogen-bond acceptors (Lipinski definition) is 3. The Bertz CT molecular complexity index is 486. The van der Waals surface area contributed by atoms with Crippen LogP contribution in [0.4, 0.5) is 0 Å². The smallest absolute Gasteiger partial charge is 0.255 e. The van der Waals surface area contributed by atoms with Gasteiger partial charge in [0.15, 0.2) is 0 Å². The molecule has 5 nitrogen and oxygen atoms in total. The molecule has 1 aromatic carbocycles. The van der Waals surface area contributed by atoms with Crippen LogP contribution in [0.5, 0.6) is 5.75 Å². The SMILES string of the molecule is CCN(C)C(=O)C(C)NC(=O)c1ccc(C)cc1O. The number of aryl methyl sites for hydroxylation is 1. The van der Waals surface area contributed by atoms with Crippen LogP contribution < -0.4 is 5.32 Å². The fourth-order valence-corrected chi connectivity index (χ4v) is 1.66. The molecule has 0 aliphatic rings. The van der Waals surface area contributed by atoms with E-state index in [0.29, 0.717) is 6.54 Å². The van der Waals surface area contributed by atoms with E-state index in [9.17, 15) is 14.7 Å². The lowest BCUT2D eigenvalue weighted by atomic mass is 10.1. The minimum Gasteiger partial charge on any atom is -0.507 e. The number of phenols is 1. The summed E-state index contributed by atoms with van der Waals surface area (Å²) in [5, 5.41) is 12.3. The van der Waals surface area contributed by atoms with Gasteiger partial charge in [0.1, 0.15) is 11.8 Å². The second-order valence-electron chi connectivity index (χ2n) is 4.57. The molecule has 0 aliphatic heterocycles. The third-order valence-electron chi connectivity index (χ3n) is 2.97. The van der Waals surface area contributed by atoms with Crippen LogP contribution in [0.25, 0.3) is 0 Å². The molecule has 1 aromatic rings. The molecule has 1 unspecified atom stereocenters. The maximum Gasteiger partial charge on any atom is 0.255 e. The zero-order chi connectivity index (χ0) is 14.6. The van der Waals surface area contributed by atoms with Crippen molar-refractivity contribution in [2.24, 2.45) is 0 Å². The van der Waals surface area contributed by atoms with Gasteiger partial charge in [-0.3, -0.25) is 9.59 Å². The van der Waals surface area contributed by atoms with E-state index in [2.05, 4.69) is 5.32 Å². The van der Waals surface area contributed by atoms with Crippen LogP contribution >= 0.6 is 0 Å². The molecule has 5 heteroatoms. The molecule has 1 atom stereocenters. The number of nitrogens with one attached hydrogen (secondary N) is 1. The largest absolute Gasteiger partial charge is 0.507 e. The molecular weight excluding hydrogens is 244 g/mol. The lowest BCUT2D eigenvalue weighted by molar-refractivity contribution is -0.131. The summed E-state index contributed by atoms with van der Waals surface area (Å²) in [6.45, 7) is 5.88. The van der Waals surface area contributed by atoms with E-state index < -0.39 is 11.9 Å². The van der Waals surface area contributed by atoms with Crippen molar-refractivity contribution in [1.82, 2.24) is 10.2 Å². The Labute approximate surface area is 113 Å². The lowest BCUT2D eigenvalue weighted by Gasteiger charge is -2.20. The highest BCUT2D eigenvalue weighted by Gasteiger charge is 2.20. The average molecular weight is 264 g/mol. The van der Waals surface area contributed by atoms with Crippen molar-refractivity contribution in [2.45, 2.75) is 26.8 Å². The van der Waals surface area contributed by atoms with Gasteiger partial charge in [-0.15, -0.1) is 0 Å². The van der Waals surface area contributed by atoms with Gasteiger partial charge in [0.25, 0.3) is 5.91 Å². The van der Waals surface area contributed by atoms with Crippen molar-refractivity contribution >= 4 is 11.8 Å². The predicted octanol–water partition coefficient (Wildman–Crippen LogP) is 1.30. The number of benzene rings is 1. The summed E-state index contributed by atoms with van der Waals surface area (Å²) in [6, 6.07) is 4.16. The van der Waals surface area contributed by atoms with Crippen LogP contribution in [-0.2, 0) is 4.79 Å². The summed E-state index contributed by atoms with van der Waals surface area (Å²) in [5.74, 6) is -0.703. The normalized spacial score (nSPS) is 11.8. The molecule has 0 saturated carbocycles. The Morgan fingerprint density at radius 3 is 2.58 bits per heavy atom. The van der Waals surface area contributed by atoms with E-state index in [0.717, 1.165) is 5.56 Å². The summed E-state index contributed by atoms with van der Waals surface area (Å²) in [6.07, 6.45) is 0. The molecule has 1 rings (SSSR count). The third-order valence-corrected chi connectivity index (χ3v) is 2.97. The van der Waals surface area contributed by atoms with Gasteiger partial charge in [-0.25, -0.2) is 0 Å². The molecular formula is C14H20N2O3. The third kappa shape index (κ3) is 3.71. The molecule has 2 amide bonds. The molecule has 0 radical (unpaired) electrons. The van der Waals surface area contributed by atoms with Crippen LogP contribution in [0.1, 0.15) is 29.8 Å². The van der Waals surface area contributed by atoms with Crippen molar-refractivity contribution in [3.63, 3.8) is 0 Å². The topological polar surface area (TPSA) is 69.6 Å². The van der Waals surface area contributed by atoms with Crippen LogP contribution in [0.2, 0.25) is 0 Å². The molecule has 0 aliphatic carbocycles. The Balaban J connectivity index is 2.77. The Morgan fingerprint density at radius 1 is 1.42 bits per heavy atom. The summed E-state index contributed by atoms with van der Waals surface area (Å²) >= 11 is 0. The van der Waals surface area contributed by atoms with Gasteiger partial charge in [-0.1, -0.05) is 6.07 Å². The highest BCUT2D eigenvalue weighted by atomic mass is 16.3. The first kappa shape index (κ1) is 15.0. The van der Waals surface area contributed by atoms with E-state index in [1.54, 1.807) is 26.1 Å². The minimum absolute atomic E-state index is 0.0824. The number of aromatic hydroxyl groups is 1. The number of phenolic OH excluding ortho intramolecular Hbond substituents is 1. The number of carbonyl (C=O) groups is 2. The van der Waals surface area contributed by atoms with Gasteiger partial charge in [0.05, 0.1) is 5.56 Å². The van der Waals surface area contributed by atoms with Crippen molar-refractivity contribution in [3.05, 3.63) is 29.3 Å². The molecule has 0 aromatic heterocycles. The lowest BCUT2D eigenvalue weighted by Crippen LogP contribution is -2.45. The first-order valence-electron chi connectivity index (χ1n) is 6.22. The van der Waals surface area contributed by atoms with Gasteiger partial charge in [-0.2, -0.15) is 0 Å². The first-order chi connectivity index (χ1) is 8.86. The fourth-order valence-electron chi connectivity index (χ4n) is 1.66. The van der Waals surface area contributed by atoms with Crippen molar-refractivity contribution in [1.29, 1.82) is 0 Å². The van der Waals surface area contributed by atoms with Crippen LogP contribution in [0.3, 0.4) is 0 Å². The van der Waals surface area contributed by atoms with Crippen molar-refractivity contribution in [2.75, 3.05) is 13.6 Å². The number of amides is 2. The monoisotopic (exact) mass is 264 g/mol. The highest BCUT2D eigenvalue weighted by Crippen LogP contribution is 2.18. The molecule has 0 fully saturated rings. The highest BCUT2D eigenvalue weighted by molar-refractivity contribution is 5.99. The van der Waals surface area contributed by atoms with E-state index in [1.165, 1.54) is 11.0 Å². The van der Waals surface area contributed by atoms with E-state index in [4.69, 9.17) is 0 Å². The van der Waals surface area contributed by atoms with Gasteiger partial charge < -0.3 is 15.3 Å². The van der Waals surface area contributed by atoms with Gasteiger partial charge in [0, 0.05) is 13.6 Å². The van der Waals surface area contributed by atoms with E-state index in [-0.39, 0.29) is 17.2 Å². The summed E-state index contributed by atoms with van der Waals surface area (Å²) in [4.78, 5) is 25.3. The average Bonchev–Trinajstić information content (AvgIpc) is 2.36. The van der Waals surface area contributed by atoms with E-state index in [1.807, 2.05) is 13.8 Å². The molecule has 0 saturated heterocycles. The standard InChI is InChI=1S/C14H20N2O3/c1-5-16(4)14(19)10(3)15-13(18)11-7-6-9(2)8-12(11)17/h6-8,10,17H,5H2,1-4H3,(H,15,18). The Morgan fingerprint density at radius 2 is 2.05 bits per heavy atom. The van der Waals surface area contributed by atoms with Crippen molar-refractivity contribution < 1.29 is 14.7 Å². The summed E-state index contributed by atoms with van der Waals surface area (Å²) < 4.78 is 0. The molecule has 0 spiro atoms. The molecule has 0 bridgehead atoms. The Kier molecular flexibility index (Phi) is 4.92. The number of carbonyl (C=O) groups excluding carboxylic acids is 2. The number of rotatable bonds is 4. The molecule has 19 heavy (non-hydrogen) atoms. The predicted molar refractivity (Wildman–Crippen MR) is 73.1 cm³/mol. The Hall–Kier alpha value is -2.04. The van der Waals surface area contributed by atoms with Crippen LogP contribution in [-0.4, -0.2) is 41.5 Å². The number of hydrogen-bond donors (Lipinski definition) is 2. The number of likely N-dealkylation sites (N-methyl/N-ethyl adjacent to an activating group) is 1. The quantitative estimate of drug-likeness (QED) is 0.861. The first-order valence-corrected chi connectivity index (χ1v) is 6.22. The van der Waals surface area contributed by atoms with Gasteiger partial charge in [-0.05, 0) is 38.5 Å². The molecule has 0 heterocycles. The maximum absolute atomic E-state index is 12.0. The van der Waals surface area contributed by atoms with Crippen molar-refractivity contribution in [3.8, 4) is 5.75 Å². The molecule has 2 N–H and O–H groups in total. The minimum atomic E-state index is -0.627.